The molecule has 1 N–H and O–H groups in total. The number of alkyl halides is 3. The molecule has 0 radical (unpaired) electrons. The highest BCUT2D eigenvalue weighted by atomic mass is 19.4. The molecule has 1 saturated heterocycles. The number of carbonyl (C=O) groups excluding carboxylic acids is 1. The van der Waals surface area contributed by atoms with Gasteiger partial charge < -0.3 is 14.8 Å². The van der Waals surface area contributed by atoms with Crippen LogP contribution in [0.25, 0.3) is 0 Å². The normalized spacial score (nSPS) is 25.9. The van der Waals surface area contributed by atoms with Gasteiger partial charge in [-0.25, -0.2) is 0 Å². The van der Waals surface area contributed by atoms with Crippen LogP contribution in [-0.2, 0) is 24.1 Å². The maximum Gasteiger partial charge on any atom is 0.451 e. The maximum atomic E-state index is 12.8. The number of halogens is 3. The van der Waals surface area contributed by atoms with Gasteiger partial charge in [0.25, 0.3) is 0 Å². The van der Waals surface area contributed by atoms with Crippen molar-refractivity contribution in [1.29, 1.82) is 0 Å². The van der Waals surface area contributed by atoms with E-state index >= 15 is 0 Å². The van der Waals surface area contributed by atoms with E-state index in [1.165, 1.54) is 0 Å². The van der Waals surface area contributed by atoms with E-state index in [9.17, 15) is 18.0 Å². The fourth-order valence-electron chi connectivity index (χ4n) is 3.17. The molecule has 6 nitrogen and oxygen atoms in total. The van der Waals surface area contributed by atoms with Gasteiger partial charge in [-0.15, -0.1) is 10.2 Å². The van der Waals surface area contributed by atoms with Crippen molar-refractivity contribution >= 4 is 5.91 Å². The molecule has 3 heterocycles. The Morgan fingerprint density at radius 1 is 1.32 bits per heavy atom. The first kappa shape index (κ1) is 15.3. The Bertz CT molecular complexity index is 571. The Morgan fingerprint density at radius 3 is 2.77 bits per heavy atom. The van der Waals surface area contributed by atoms with Gasteiger partial charge in [-0.1, -0.05) is 6.92 Å². The lowest BCUT2D eigenvalue weighted by Crippen LogP contribution is -2.47. The first-order valence-corrected chi connectivity index (χ1v) is 7.36. The number of aromatic nitrogens is 3. The molecule has 1 amide bonds. The molecule has 9 heteroatoms. The van der Waals surface area contributed by atoms with E-state index < -0.39 is 12.0 Å². The third-order valence-electron chi connectivity index (χ3n) is 4.42. The van der Waals surface area contributed by atoms with Crippen molar-refractivity contribution in [3.8, 4) is 0 Å². The highest BCUT2D eigenvalue weighted by Crippen LogP contribution is 2.30. The van der Waals surface area contributed by atoms with Gasteiger partial charge in [-0.05, 0) is 25.4 Å². The number of carbonyl (C=O) groups is 1. The van der Waals surface area contributed by atoms with Crippen LogP contribution >= 0.6 is 0 Å². The molecule has 1 aromatic heterocycles. The summed E-state index contributed by atoms with van der Waals surface area (Å²) in [5.74, 6) is -0.611. The van der Waals surface area contributed by atoms with E-state index in [0.29, 0.717) is 0 Å². The van der Waals surface area contributed by atoms with Crippen LogP contribution in [0.1, 0.15) is 25.0 Å². The van der Waals surface area contributed by atoms with Crippen molar-refractivity contribution < 1.29 is 18.0 Å². The summed E-state index contributed by atoms with van der Waals surface area (Å²) in [6.45, 7) is 4.05. The lowest BCUT2D eigenvalue weighted by molar-refractivity contribution is -0.148. The number of piperidine rings is 1. The molecule has 2 aliphatic heterocycles. The molecule has 0 aliphatic carbocycles. The quantitative estimate of drug-likeness (QED) is 0.835. The standard InChI is InChI=1S/C13H18F3N5O/c1-8-6-17-3-2-9(8)11(22)20-4-5-21-10(7-20)18-19-12(21)13(14,15)16/h8-9,17H,2-7H2,1H3/t8-,9?/m1/s1. The van der Waals surface area contributed by atoms with Crippen molar-refractivity contribution in [2.45, 2.75) is 32.6 Å². The maximum absolute atomic E-state index is 12.8. The van der Waals surface area contributed by atoms with Crippen molar-refractivity contribution in [2.75, 3.05) is 19.6 Å². The third-order valence-corrected chi connectivity index (χ3v) is 4.42. The zero-order chi connectivity index (χ0) is 15.9. The molecule has 0 bridgehead atoms. The molecule has 22 heavy (non-hydrogen) atoms. The summed E-state index contributed by atoms with van der Waals surface area (Å²) in [4.78, 5) is 14.2. The lowest BCUT2D eigenvalue weighted by atomic mass is 9.86. The first-order valence-electron chi connectivity index (χ1n) is 7.36. The van der Waals surface area contributed by atoms with Gasteiger partial charge in [0.05, 0.1) is 6.54 Å². The van der Waals surface area contributed by atoms with Gasteiger partial charge >= 0.3 is 6.18 Å². The number of hydrogen-bond acceptors (Lipinski definition) is 4. The third kappa shape index (κ3) is 2.69. The summed E-state index contributed by atoms with van der Waals surface area (Å²) in [5, 5.41) is 10.1. The van der Waals surface area contributed by atoms with Gasteiger partial charge in [-0.3, -0.25) is 4.79 Å². The first-order chi connectivity index (χ1) is 10.4. The van der Waals surface area contributed by atoms with Crippen LogP contribution in [0.15, 0.2) is 0 Å². The van der Waals surface area contributed by atoms with Crippen LogP contribution in [0.5, 0.6) is 0 Å². The minimum absolute atomic E-state index is 0.0109. The van der Waals surface area contributed by atoms with E-state index in [1.54, 1.807) is 4.90 Å². The molecule has 3 rings (SSSR count). The number of amides is 1. The zero-order valence-electron chi connectivity index (χ0n) is 12.2. The average Bonchev–Trinajstić information content (AvgIpc) is 2.90. The minimum Gasteiger partial charge on any atom is -0.333 e. The molecule has 122 valence electrons. The van der Waals surface area contributed by atoms with Crippen LogP contribution in [0.2, 0.25) is 0 Å². The molecule has 0 spiro atoms. The van der Waals surface area contributed by atoms with Crippen molar-refractivity contribution in [3.63, 3.8) is 0 Å². The molecular weight excluding hydrogens is 299 g/mol. The Labute approximate surface area is 125 Å². The van der Waals surface area contributed by atoms with E-state index in [0.717, 1.165) is 24.1 Å². The summed E-state index contributed by atoms with van der Waals surface area (Å²) >= 11 is 0. The number of rotatable bonds is 1. The highest BCUT2D eigenvalue weighted by Gasteiger charge is 2.40. The van der Waals surface area contributed by atoms with Crippen LogP contribution in [0.3, 0.4) is 0 Å². The second-order valence-electron chi connectivity index (χ2n) is 5.93. The van der Waals surface area contributed by atoms with Gasteiger partial charge in [0.2, 0.25) is 11.7 Å². The molecule has 2 atom stereocenters. The Hall–Kier alpha value is -1.64. The fourth-order valence-corrected chi connectivity index (χ4v) is 3.17. The topological polar surface area (TPSA) is 63.1 Å². The summed E-state index contributed by atoms with van der Waals surface area (Å²) in [5.41, 5.74) is 0. The van der Waals surface area contributed by atoms with Crippen molar-refractivity contribution in [3.05, 3.63) is 11.6 Å². The minimum atomic E-state index is -4.51. The summed E-state index contributed by atoms with van der Waals surface area (Å²) in [6.07, 6.45) is -3.75. The highest BCUT2D eigenvalue weighted by molar-refractivity contribution is 5.79. The monoisotopic (exact) mass is 317 g/mol. The summed E-state index contributed by atoms with van der Waals surface area (Å²) in [6, 6.07) is 0. The molecule has 1 aromatic rings. The molecule has 2 aliphatic rings. The predicted molar refractivity (Wildman–Crippen MR) is 70.6 cm³/mol. The Morgan fingerprint density at radius 2 is 2.09 bits per heavy atom. The zero-order valence-corrected chi connectivity index (χ0v) is 12.2. The van der Waals surface area contributed by atoms with E-state index in [4.69, 9.17) is 0 Å². The Kier molecular flexibility index (Phi) is 3.84. The average molecular weight is 317 g/mol. The van der Waals surface area contributed by atoms with Crippen LogP contribution < -0.4 is 5.32 Å². The SMILES string of the molecule is C[C@@H]1CNCCC1C(=O)N1CCn2c(nnc2C(F)(F)F)C1. The molecular formula is C13H18F3N5O. The smallest absolute Gasteiger partial charge is 0.333 e. The predicted octanol–water partition coefficient (Wildman–Crippen LogP) is 0.885. The number of nitrogens with zero attached hydrogens (tertiary/aromatic N) is 4. The summed E-state index contributed by atoms with van der Waals surface area (Å²) < 4.78 is 39.5. The van der Waals surface area contributed by atoms with Crippen molar-refractivity contribution in [2.24, 2.45) is 11.8 Å². The molecule has 1 unspecified atom stereocenters. The van der Waals surface area contributed by atoms with Gasteiger partial charge in [0.15, 0.2) is 5.82 Å². The second kappa shape index (κ2) is 5.53. The summed E-state index contributed by atoms with van der Waals surface area (Å²) in [7, 11) is 0. The van der Waals surface area contributed by atoms with Crippen LogP contribution in [0.4, 0.5) is 13.2 Å². The number of fused-ring (bicyclic) bond motifs is 1. The Balaban J connectivity index is 1.74. The number of nitrogens with one attached hydrogen (secondary N) is 1. The van der Waals surface area contributed by atoms with E-state index in [2.05, 4.69) is 15.5 Å². The molecule has 0 aromatic carbocycles. The van der Waals surface area contributed by atoms with E-state index in [1.807, 2.05) is 6.92 Å². The second-order valence-corrected chi connectivity index (χ2v) is 5.93. The fraction of sp³-hybridized carbons (Fsp3) is 0.769. The number of hydrogen-bond donors (Lipinski definition) is 1. The van der Waals surface area contributed by atoms with Crippen LogP contribution in [-0.4, -0.2) is 45.2 Å². The van der Waals surface area contributed by atoms with E-state index in [-0.39, 0.29) is 43.2 Å². The largest absolute Gasteiger partial charge is 0.451 e. The van der Waals surface area contributed by atoms with Gasteiger partial charge in [0, 0.05) is 19.0 Å². The van der Waals surface area contributed by atoms with Crippen LogP contribution in [0, 0.1) is 11.8 Å². The lowest BCUT2D eigenvalue weighted by Gasteiger charge is -2.35. The van der Waals surface area contributed by atoms with Gasteiger partial charge in [0.1, 0.15) is 0 Å². The van der Waals surface area contributed by atoms with Gasteiger partial charge in [-0.2, -0.15) is 13.2 Å². The molecule has 0 saturated carbocycles. The molecule has 1 fully saturated rings. The van der Waals surface area contributed by atoms with Crippen molar-refractivity contribution in [1.82, 2.24) is 25.0 Å².